The minimum Gasteiger partial charge on any atom is -0.309 e. The van der Waals surface area contributed by atoms with Crippen molar-refractivity contribution in [3.63, 3.8) is 0 Å². The molecule has 2 amide bonds. The van der Waals surface area contributed by atoms with Crippen LogP contribution >= 0.6 is 11.3 Å². The molecule has 7 heteroatoms. The van der Waals surface area contributed by atoms with Gasteiger partial charge in [0, 0.05) is 47.4 Å². The van der Waals surface area contributed by atoms with Gasteiger partial charge in [0.25, 0.3) is 11.8 Å². The van der Waals surface area contributed by atoms with E-state index >= 15 is 0 Å². The first-order valence-corrected chi connectivity index (χ1v) is 17.8. The molecule has 0 unspecified atom stereocenters. The molecular weight excluding hydrogens is 661 g/mol. The van der Waals surface area contributed by atoms with E-state index in [2.05, 4.69) is 106 Å². The lowest BCUT2D eigenvalue weighted by Gasteiger charge is -2.20. The Morgan fingerprint density at radius 2 is 1.06 bits per heavy atom. The van der Waals surface area contributed by atoms with Gasteiger partial charge in [0.2, 0.25) is 0 Å². The van der Waals surface area contributed by atoms with Gasteiger partial charge in [0.05, 0.1) is 56.2 Å². The third-order valence-electron chi connectivity index (χ3n) is 10.5. The van der Waals surface area contributed by atoms with Gasteiger partial charge in [-0.2, -0.15) is 5.26 Å². The lowest BCUT2D eigenvalue weighted by molar-refractivity contribution is 0.0926. The molecule has 0 fully saturated rings. The minimum atomic E-state index is -0.406. The fraction of sp³-hybridized carbons (Fsp3) is 0. The Hall–Kier alpha value is -7.01. The van der Waals surface area contributed by atoms with Crippen molar-refractivity contribution in [2.24, 2.45) is 0 Å². The first-order chi connectivity index (χ1) is 25.6. The van der Waals surface area contributed by atoms with Crippen LogP contribution in [0.1, 0.15) is 26.3 Å². The summed E-state index contributed by atoms with van der Waals surface area (Å²) in [6.45, 7) is 0. The molecule has 52 heavy (non-hydrogen) atoms. The Balaban J connectivity index is 1.23. The summed E-state index contributed by atoms with van der Waals surface area (Å²) in [6, 6.07) is 50.8. The van der Waals surface area contributed by atoms with E-state index in [1.165, 1.54) is 25.1 Å². The molecular formula is C45H24N4O2S. The van der Waals surface area contributed by atoms with Crippen LogP contribution in [-0.4, -0.2) is 20.9 Å². The van der Waals surface area contributed by atoms with E-state index in [9.17, 15) is 14.9 Å². The predicted molar refractivity (Wildman–Crippen MR) is 210 cm³/mol. The highest BCUT2D eigenvalue weighted by molar-refractivity contribution is 7.25. The Labute approximate surface area is 300 Å². The SMILES string of the molecule is N#Cc1ccc(-n2c3ccccc3c3cc4c5ccccc5n(-c5ccc6sc7ccccc7c6c5)c4cc32)c(N2C(=O)c3ccccc3C2=O)c1. The maximum absolute atomic E-state index is 13.9. The number of imide groups is 1. The quantitative estimate of drug-likeness (QED) is 0.174. The number of rotatable bonds is 3. The summed E-state index contributed by atoms with van der Waals surface area (Å²) in [4.78, 5) is 29.0. The van der Waals surface area contributed by atoms with Crippen molar-refractivity contribution >= 4 is 92.6 Å². The van der Waals surface area contributed by atoms with Crippen molar-refractivity contribution in [1.82, 2.24) is 9.13 Å². The molecule has 242 valence electrons. The third-order valence-corrected chi connectivity index (χ3v) is 11.6. The molecule has 10 aromatic rings. The van der Waals surface area contributed by atoms with Gasteiger partial charge in [-0.15, -0.1) is 11.3 Å². The summed E-state index contributed by atoms with van der Waals surface area (Å²) < 4.78 is 6.97. The summed E-state index contributed by atoms with van der Waals surface area (Å²) >= 11 is 1.80. The first kappa shape index (κ1) is 28.8. The lowest BCUT2D eigenvalue weighted by Crippen LogP contribution is -2.30. The molecule has 0 saturated heterocycles. The monoisotopic (exact) mass is 684 g/mol. The molecule has 0 saturated carbocycles. The van der Waals surface area contributed by atoms with Gasteiger partial charge in [-0.1, -0.05) is 66.7 Å². The van der Waals surface area contributed by atoms with E-state index in [0.29, 0.717) is 28.1 Å². The van der Waals surface area contributed by atoms with Crippen LogP contribution in [0.15, 0.2) is 146 Å². The number of aromatic nitrogens is 2. The van der Waals surface area contributed by atoms with Crippen molar-refractivity contribution in [2.45, 2.75) is 0 Å². The lowest BCUT2D eigenvalue weighted by atomic mass is 10.1. The van der Waals surface area contributed by atoms with Crippen molar-refractivity contribution in [3.05, 3.63) is 162 Å². The Kier molecular flexibility index (Phi) is 5.81. The molecule has 0 bridgehead atoms. The Bertz CT molecular complexity index is 3230. The Morgan fingerprint density at radius 1 is 0.462 bits per heavy atom. The summed E-state index contributed by atoms with van der Waals surface area (Å²) in [5.74, 6) is -0.812. The highest BCUT2D eigenvalue weighted by atomic mass is 32.1. The molecule has 7 aromatic carbocycles. The predicted octanol–water partition coefficient (Wildman–Crippen LogP) is 10.9. The zero-order chi connectivity index (χ0) is 34.7. The van der Waals surface area contributed by atoms with Crippen LogP contribution in [0, 0.1) is 11.3 Å². The summed E-state index contributed by atoms with van der Waals surface area (Å²) in [5.41, 5.74) is 7.10. The number of amides is 2. The normalized spacial score (nSPS) is 13.0. The van der Waals surface area contributed by atoms with Crippen molar-refractivity contribution < 1.29 is 9.59 Å². The second-order valence-corrected chi connectivity index (χ2v) is 14.3. The van der Waals surface area contributed by atoms with Crippen LogP contribution in [0.5, 0.6) is 0 Å². The molecule has 1 aliphatic heterocycles. The van der Waals surface area contributed by atoms with Gasteiger partial charge in [0.15, 0.2) is 0 Å². The number of hydrogen-bond acceptors (Lipinski definition) is 4. The number of hydrogen-bond donors (Lipinski definition) is 0. The molecule has 0 spiro atoms. The number of thiophene rings is 1. The van der Waals surface area contributed by atoms with Crippen molar-refractivity contribution in [3.8, 4) is 17.4 Å². The van der Waals surface area contributed by atoms with E-state index < -0.39 is 11.8 Å². The van der Waals surface area contributed by atoms with Crippen LogP contribution in [0.25, 0.3) is 75.2 Å². The standard InChI is InChI=1S/C45H24N4O2S/c46-25-26-17-19-38(41(21-26)49-44(50)31-12-1-2-13-32(31)45(49)51)48-37-15-7-4-10-29(37)34-23-33-28-9-3-6-14-36(28)47(39(33)24-40(34)48)27-18-20-43-35(22-27)30-11-5-8-16-42(30)52-43/h1-24H. The second kappa shape index (κ2) is 10.5. The number of nitriles is 1. The maximum atomic E-state index is 13.9. The minimum absolute atomic E-state index is 0.352. The molecule has 6 nitrogen and oxygen atoms in total. The fourth-order valence-electron chi connectivity index (χ4n) is 8.19. The number of carbonyl (C=O) groups excluding carboxylic acids is 2. The van der Waals surface area contributed by atoms with Gasteiger partial charge in [-0.3, -0.25) is 9.59 Å². The number of nitrogens with zero attached hydrogens (tertiary/aromatic N) is 4. The highest BCUT2D eigenvalue weighted by Gasteiger charge is 2.38. The van der Waals surface area contributed by atoms with Crippen LogP contribution in [0.3, 0.4) is 0 Å². The number of benzene rings is 7. The van der Waals surface area contributed by atoms with Crippen LogP contribution in [-0.2, 0) is 0 Å². The van der Waals surface area contributed by atoms with E-state index in [0.717, 1.165) is 49.3 Å². The number of carbonyl (C=O) groups is 2. The first-order valence-electron chi connectivity index (χ1n) is 17.0. The van der Waals surface area contributed by atoms with Gasteiger partial charge >= 0.3 is 0 Å². The summed E-state index contributed by atoms with van der Waals surface area (Å²) in [6.07, 6.45) is 0. The van der Waals surface area contributed by atoms with Gasteiger partial charge in [0.1, 0.15) is 0 Å². The molecule has 0 radical (unpaired) electrons. The van der Waals surface area contributed by atoms with E-state index in [1.807, 2.05) is 18.2 Å². The topological polar surface area (TPSA) is 71.0 Å². The van der Waals surface area contributed by atoms with Gasteiger partial charge in [-0.05, 0) is 78.9 Å². The maximum Gasteiger partial charge on any atom is 0.266 e. The molecule has 1 aliphatic rings. The smallest absolute Gasteiger partial charge is 0.266 e. The average Bonchev–Trinajstić information content (AvgIpc) is 3.90. The molecule has 0 atom stereocenters. The number of anilines is 1. The van der Waals surface area contributed by atoms with Crippen molar-refractivity contribution in [2.75, 3.05) is 4.90 Å². The Morgan fingerprint density at radius 3 is 1.77 bits per heavy atom. The molecule has 3 aromatic heterocycles. The zero-order valence-electron chi connectivity index (χ0n) is 27.4. The van der Waals surface area contributed by atoms with Crippen LogP contribution < -0.4 is 4.90 Å². The van der Waals surface area contributed by atoms with Crippen molar-refractivity contribution in [1.29, 1.82) is 5.26 Å². The number of para-hydroxylation sites is 2. The third kappa shape index (κ3) is 3.81. The molecule has 0 aliphatic carbocycles. The molecule has 4 heterocycles. The average molecular weight is 685 g/mol. The van der Waals surface area contributed by atoms with E-state index in [-0.39, 0.29) is 0 Å². The van der Waals surface area contributed by atoms with Crippen LogP contribution in [0.4, 0.5) is 5.69 Å². The number of fused-ring (bicyclic) bond motifs is 10. The zero-order valence-corrected chi connectivity index (χ0v) is 28.2. The van der Waals surface area contributed by atoms with Gasteiger partial charge < -0.3 is 9.13 Å². The highest BCUT2D eigenvalue weighted by Crippen LogP contribution is 2.43. The van der Waals surface area contributed by atoms with E-state index in [1.54, 1.807) is 47.7 Å². The second-order valence-electron chi connectivity index (χ2n) is 13.2. The summed E-state index contributed by atoms with van der Waals surface area (Å²) in [5, 5.41) is 16.8. The fourth-order valence-corrected chi connectivity index (χ4v) is 9.28. The van der Waals surface area contributed by atoms with Gasteiger partial charge in [-0.25, -0.2) is 4.90 Å². The van der Waals surface area contributed by atoms with E-state index in [4.69, 9.17) is 0 Å². The summed E-state index contributed by atoms with van der Waals surface area (Å²) in [7, 11) is 0. The van der Waals surface area contributed by atoms with Crippen LogP contribution in [0.2, 0.25) is 0 Å². The molecule has 0 N–H and O–H groups in total. The largest absolute Gasteiger partial charge is 0.309 e. The molecule has 11 rings (SSSR count).